The van der Waals surface area contributed by atoms with E-state index in [1.54, 1.807) is 11.6 Å². The maximum absolute atomic E-state index is 12.7. The third-order valence-electron chi connectivity index (χ3n) is 5.43. The van der Waals surface area contributed by atoms with Gasteiger partial charge in [-0.1, -0.05) is 11.8 Å². The molecule has 0 radical (unpaired) electrons. The fourth-order valence-corrected chi connectivity index (χ4v) is 6.34. The summed E-state index contributed by atoms with van der Waals surface area (Å²) in [5, 5.41) is 8.67. The first-order valence-corrected chi connectivity index (χ1v) is 12.4. The number of nitrogen functional groups attached to an aromatic ring is 1. The van der Waals surface area contributed by atoms with Crippen LogP contribution in [0.15, 0.2) is 14.7 Å². The number of ketones is 1. The van der Waals surface area contributed by atoms with E-state index in [4.69, 9.17) is 5.73 Å². The molecule has 11 nitrogen and oxygen atoms in total. The molecule has 1 saturated heterocycles. The number of aromatic nitrogens is 5. The highest BCUT2D eigenvalue weighted by Crippen LogP contribution is 2.35. The summed E-state index contributed by atoms with van der Waals surface area (Å²) < 4.78 is 26.3. The van der Waals surface area contributed by atoms with Crippen molar-refractivity contribution in [3.63, 3.8) is 0 Å². The molecule has 1 aliphatic heterocycles. The summed E-state index contributed by atoms with van der Waals surface area (Å²) >= 11 is 1.11. The van der Waals surface area contributed by atoms with E-state index in [0.29, 0.717) is 23.8 Å². The van der Waals surface area contributed by atoms with E-state index >= 15 is 0 Å². The molecule has 13 heteroatoms. The van der Waals surface area contributed by atoms with Crippen LogP contribution < -0.4 is 17.0 Å². The molecule has 0 unspecified atom stereocenters. The molecule has 1 atom stereocenters. The van der Waals surface area contributed by atoms with Crippen molar-refractivity contribution in [1.29, 1.82) is 0 Å². The number of hydrogen-bond acceptors (Lipinski definition) is 9. The molecule has 2 fully saturated rings. The van der Waals surface area contributed by atoms with Gasteiger partial charge in [-0.3, -0.25) is 19.1 Å². The van der Waals surface area contributed by atoms with Crippen molar-refractivity contribution < 1.29 is 13.2 Å². The molecule has 2 aliphatic rings. The highest BCUT2D eigenvalue weighted by molar-refractivity contribution is 7.99. The van der Waals surface area contributed by atoms with Crippen molar-refractivity contribution in [1.82, 2.24) is 24.3 Å². The summed E-state index contributed by atoms with van der Waals surface area (Å²) in [6.45, 7) is 0. The Bertz CT molecular complexity index is 1220. The maximum atomic E-state index is 12.7. The lowest BCUT2D eigenvalue weighted by Gasteiger charge is -2.11. The molecule has 162 valence electrons. The van der Waals surface area contributed by atoms with Gasteiger partial charge in [0.05, 0.1) is 17.3 Å². The van der Waals surface area contributed by atoms with Crippen LogP contribution in [-0.4, -0.2) is 55.8 Å². The lowest BCUT2D eigenvalue weighted by Crippen LogP contribution is -2.36. The lowest BCUT2D eigenvalue weighted by atomic mass is 10.1. The van der Waals surface area contributed by atoms with Gasteiger partial charge in [-0.15, -0.1) is 10.2 Å². The van der Waals surface area contributed by atoms with Gasteiger partial charge in [0.15, 0.2) is 20.8 Å². The zero-order valence-electron chi connectivity index (χ0n) is 16.3. The van der Waals surface area contributed by atoms with Gasteiger partial charge in [0.25, 0.3) is 5.56 Å². The van der Waals surface area contributed by atoms with Crippen molar-refractivity contribution in [2.75, 3.05) is 23.0 Å². The maximum Gasteiger partial charge on any atom is 0.330 e. The van der Waals surface area contributed by atoms with Crippen molar-refractivity contribution >= 4 is 33.2 Å². The molecule has 1 saturated carbocycles. The summed E-state index contributed by atoms with van der Waals surface area (Å²) in [4.78, 5) is 39.0. The fourth-order valence-electron chi connectivity index (χ4n) is 3.67. The topological polar surface area (TPSA) is 163 Å². The molecule has 30 heavy (non-hydrogen) atoms. The summed E-state index contributed by atoms with van der Waals surface area (Å²) in [6, 6.07) is -0.0748. The Kier molecular flexibility index (Phi) is 5.34. The molecule has 4 rings (SSSR count). The molecule has 1 aliphatic carbocycles. The van der Waals surface area contributed by atoms with Crippen molar-refractivity contribution in [2.45, 2.75) is 36.9 Å². The van der Waals surface area contributed by atoms with E-state index in [1.807, 2.05) is 0 Å². The van der Waals surface area contributed by atoms with Gasteiger partial charge < -0.3 is 10.3 Å². The number of nitrogens with one attached hydrogen (secondary N) is 1. The number of hydrogen-bond donors (Lipinski definition) is 2. The molecular weight excluding hydrogens is 432 g/mol. The predicted octanol–water partition coefficient (Wildman–Crippen LogP) is -0.466. The monoisotopic (exact) mass is 454 g/mol. The van der Waals surface area contributed by atoms with Crippen LogP contribution in [-0.2, 0) is 23.3 Å². The third kappa shape index (κ3) is 4.08. The van der Waals surface area contributed by atoms with Crippen molar-refractivity contribution in [3.8, 4) is 0 Å². The number of nitrogens with two attached hydrogens (primary N) is 1. The van der Waals surface area contributed by atoms with Crippen LogP contribution in [0.5, 0.6) is 0 Å². The van der Waals surface area contributed by atoms with Gasteiger partial charge in [0.1, 0.15) is 17.2 Å². The van der Waals surface area contributed by atoms with E-state index in [-0.39, 0.29) is 40.6 Å². The Balaban J connectivity index is 1.46. The number of anilines is 1. The van der Waals surface area contributed by atoms with Crippen molar-refractivity contribution in [2.24, 2.45) is 13.0 Å². The first-order chi connectivity index (χ1) is 14.2. The van der Waals surface area contributed by atoms with Gasteiger partial charge in [0, 0.05) is 19.5 Å². The Morgan fingerprint density at radius 2 is 2.00 bits per heavy atom. The summed E-state index contributed by atoms with van der Waals surface area (Å²) in [6.07, 6.45) is 2.66. The number of thioether (sulfide) groups is 1. The van der Waals surface area contributed by atoms with Crippen LogP contribution in [0.4, 0.5) is 5.82 Å². The largest absolute Gasteiger partial charge is 0.384 e. The highest BCUT2D eigenvalue weighted by Gasteiger charge is 2.31. The number of aromatic amines is 1. The zero-order chi connectivity index (χ0) is 21.6. The number of carbonyl (C=O) groups excluding carboxylic acids is 1. The minimum atomic E-state index is -2.97. The molecular formula is C17H22N6O5S2. The molecule has 0 spiro atoms. The Hall–Kier alpha value is -2.41. The predicted molar refractivity (Wildman–Crippen MR) is 111 cm³/mol. The molecule has 2 aromatic heterocycles. The summed E-state index contributed by atoms with van der Waals surface area (Å²) in [5.41, 5.74) is 4.37. The Morgan fingerprint density at radius 3 is 2.63 bits per heavy atom. The van der Waals surface area contributed by atoms with E-state index in [2.05, 4.69) is 15.2 Å². The number of rotatable bonds is 7. The van der Waals surface area contributed by atoms with Crippen LogP contribution in [0.25, 0.3) is 0 Å². The van der Waals surface area contributed by atoms with Gasteiger partial charge in [-0.05, 0) is 25.2 Å². The van der Waals surface area contributed by atoms with E-state index in [0.717, 1.165) is 24.6 Å². The van der Waals surface area contributed by atoms with E-state index in [9.17, 15) is 22.8 Å². The Labute approximate surface area is 176 Å². The first-order valence-electron chi connectivity index (χ1n) is 9.55. The number of carbonyl (C=O) groups is 1. The van der Waals surface area contributed by atoms with Crippen molar-refractivity contribution in [3.05, 3.63) is 32.2 Å². The van der Waals surface area contributed by atoms with E-state index in [1.165, 1.54) is 4.57 Å². The molecule has 2 aromatic rings. The molecule has 3 heterocycles. The highest BCUT2D eigenvalue weighted by atomic mass is 32.2. The summed E-state index contributed by atoms with van der Waals surface area (Å²) in [5.74, 6) is 0.313. The average molecular weight is 455 g/mol. The number of sulfone groups is 1. The average Bonchev–Trinajstić information content (AvgIpc) is 3.34. The van der Waals surface area contributed by atoms with E-state index < -0.39 is 26.9 Å². The first kappa shape index (κ1) is 20.8. The second kappa shape index (κ2) is 7.69. The molecule has 3 N–H and O–H groups in total. The second-order valence-electron chi connectivity index (χ2n) is 7.76. The zero-order valence-corrected chi connectivity index (χ0v) is 18.0. The number of nitrogens with zero attached hydrogens (tertiary/aromatic N) is 4. The number of H-pyrrole nitrogens is 1. The van der Waals surface area contributed by atoms with Gasteiger partial charge in [0.2, 0.25) is 0 Å². The second-order valence-corrected chi connectivity index (χ2v) is 10.9. The van der Waals surface area contributed by atoms with Crippen LogP contribution in [0, 0.1) is 5.92 Å². The smallest absolute Gasteiger partial charge is 0.330 e. The van der Waals surface area contributed by atoms with Gasteiger partial charge in [-0.2, -0.15) is 0 Å². The minimum absolute atomic E-state index is 0.0132. The molecule has 0 bridgehead atoms. The molecule has 0 amide bonds. The van der Waals surface area contributed by atoms with Gasteiger partial charge in [-0.25, -0.2) is 13.2 Å². The normalized spacial score (nSPS) is 20.5. The minimum Gasteiger partial charge on any atom is -0.384 e. The lowest BCUT2D eigenvalue weighted by molar-refractivity contribution is 0.102. The van der Waals surface area contributed by atoms with Gasteiger partial charge >= 0.3 is 5.69 Å². The van der Waals surface area contributed by atoms with Crippen LogP contribution in [0.2, 0.25) is 0 Å². The van der Waals surface area contributed by atoms with Crippen LogP contribution in [0.1, 0.15) is 41.5 Å². The fraction of sp³-hybridized carbons (Fsp3) is 0.588. The molecule has 0 aromatic carbocycles. The number of Topliss-reactive ketones (excluding diaryl/α,β-unsaturated/α-hetero) is 1. The standard InChI is InChI=1S/C17H22N6O5S2/c1-22-12(6-9-4-5-30(27,28)8-9)20-21-17(22)29-7-11(24)13-14(18)23(10-2-3-10)16(26)19-15(13)25/h9-10H,2-8,18H2,1H3,(H,19,25,26)/t9-/m0/s1. The SMILES string of the molecule is Cn1c(C[C@@H]2CCS(=O)(=O)C2)nnc1SCC(=O)c1c(N)n(C2CC2)c(=O)[nH]c1=O. The summed E-state index contributed by atoms with van der Waals surface area (Å²) in [7, 11) is -1.22. The Morgan fingerprint density at radius 1 is 1.27 bits per heavy atom. The van der Waals surface area contributed by atoms with Crippen LogP contribution in [0.3, 0.4) is 0 Å². The quantitative estimate of drug-likeness (QED) is 0.416. The third-order valence-corrected chi connectivity index (χ3v) is 8.29. The van der Waals surface area contributed by atoms with Crippen LogP contribution >= 0.6 is 11.8 Å².